The predicted octanol–water partition coefficient (Wildman–Crippen LogP) is 1.99. The lowest BCUT2D eigenvalue weighted by atomic mass is 9.81. The molecule has 120 valence electrons. The van der Waals surface area contributed by atoms with Gasteiger partial charge < -0.3 is 14.5 Å². The summed E-state index contributed by atoms with van der Waals surface area (Å²) in [6, 6.07) is 0. The van der Waals surface area contributed by atoms with E-state index < -0.39 is 0 Å². The number of amides is 1. The molecule has 21 heavy (non-hydrogen) atoms. The number of hydrogen-bond donors (Lipinski definition) is 0. The van der Waals surface area contributed by atoms with E-state index in [4.69, 9.17) is 4.74 Å². The molecule has 3 rings (SSSR count). The summed E-state index contributed by atoms with van der Waals surface area (Å²) in [6.07, 6.45) is 5.98. The van der Waals surface area contributed by atoms with Gasteiger partial charge in [0, 0.05) is 38.0 Å². The highest BCUT2D eigenvalue weighted by molar-refractivity contribution is 5.79. The average molecular weight is 294 g/mol. The van der Waals surface area contributed by atoms with Gasteiger partial charge in [0.25, 0.3) is 0 Å². The monoisotopic (exact) mass is 294 g/mol. The summed E-state index contributed by atoms with van der Waals surface area (Å²) < 4.78 is 6.03. The van der Waals surface area contributed by atoms with Crippen molar-refractivity contribution in [2.75, 3.05) is 39.8 Å². The lowest BCUT2D eigenvalue weighted by Gasteiger charge is -2.40. The lowest BCUT2D eigenvalue weighted by Crippen LogP contribution is -2.50. The van der Waals surface area contributed by atoms with Crippen molar-refractivity contribution in [2.45, 2.75) is 45.1 Å². The maximum atomic E-state index is 12.7. The minimum atomic E-state index is 0.259. The summed E-state index contributed by atoms with van der Waals surface area (Å²) in [7, 11) is 2.17. The van der Waals surface area contributed by atoms with Gasteiger partial charge in [-0.15, -0.1) is 0 Å². The maximum absolute atomic E-state index is 12.7. The van der Waals surface area contributed by atoms with E-state index in [2.05, 4.69) is 23.8 Å². The van der Waals surface area contributed by atoms with E-state index in [0.717, 1.165) is 58.0 Å². The number of fused-ring (bicyclic) bond motifs is 1. The van der Waals surface area contributed by atoms with Gasteiger partial charge in [0.15, 0.2) is 0 Å². The van der Waals surface area contributed by atoms with Crippen LogP contribution in [0.1, 0.15) is 39.0 Å². The van der Waals surface area contributed by atoms with Crippen molar-refractivity contribution in [3.05, 3.63) is 0 Å². The van der Waals surface area contributed by atoms with Crippen LogP contribution in [0.4, 0.5) is 0 Å². The fourth-order valence-electron chi connectivity index (χ4n) is 4.18. The fourth-order valence-corrected chi connectivity index (χ4v) is 4.18. The lowest BCUT2D eigenvalue weighted by molar-refractivity contribution is -0.142. The molecule has 1 saturated carbocycles. The first-order chi connectivity index (χ1) is 10.1. The Morgan fingerprint density at radius 3 is 2.57 bits per heavy atom. The van der Waals surface area contributed by atoms with Crippen molar-refractivity contribution in [3.8, 4) is 0 Å². The Labute approximate surface area is 128 Å². The number of hydrogen-bond acceptors (Lipinski definition) is 3. The molecule has 0 N–H and O–H groups in total. The first-order valence-corrected chi connectivity index (χ1v) is 8.72. The molecule has 2 saturated heterocycles. The molecule has 2 heterocycles. The highest BCUT2D eigenvalue weighted by atomic mass is 16.5. The molecule has 4 nitrogen and oxygen atoms in total. The van der Waals surface area contributed by atoms with Gasteiger partial charge in [-0.25, -0.2) is 0 Å². The molecule has 3 aliphatic rings. The van der Waals surface area contributed by atoms with Crippen molar-refractivity contribution in [1.82, 2.24) is 9.80 Å². The maximum Gasteiger partial charge on any atom is 0.225 e. The van der Waals surface area contributed by atoms with Crippen LogP contribution in [0.2, 0.25) is 0 Å². The zero-order chi connectivity index (χ0) is 14.8. The second-order valence-electron chi connectivity index (χ2n) is 7.46. The second kappa shape index (κ2) is 6.66. The average Bonchev–Trinajstić information content (AvgIpc) is 2.67. The number of likely N-dealkylation sites (tertiary alicyclic amines) is 1. The largest absolute Gasteiger partial charge is 0.375 e. The zero-order valence-corrected chi connectivity index (χ0v) is 13.6. The molecular weight excluding hydrogens is 264 g/mol. The molecule has 4 heteroatoms. The summed E-state index contributed by atoms with van der Waals surface area (Å²) in [5.41, 5.74) is 0. The molecule has 2 atom stereocenters. The smallest absolute Gasteiger partial charge is 0.225 e. The van der Waals surface area contributed by atoms with Gasteiger partial charge in [-0.05, 0) is 45.1 Å². The Hall–Kier alpha value is -0.610. The standard InChI is InChI=1S/C17H30N2O2/c1-13-3-5-14(6-4-13)17(20)19-8-7-15-11-18(2)9-10-21-16(15)12-19/h13-16H,3-12H2,1-2H3/t13?,14?,15-,16-/m1/s1. The van der Waals surface area contributed by atoms with Gasteiger partial charge in [0.2, 0.25) is 5.91 Å². The van der Waals surface area contributed by atoms with Gasteiger partial charge >= 0.3 is 0 Å². The molecule has 0 aromatic heterocycles. The van der Waals surface area contributed by atoms with Gasteiger partial charge in [-0.1, -0.05) is 6.92 Å². The highest BCUT2D eigenvalue weighted by Crippen LogP contribution is 2.31. The minimum absolute atomic E-state index is 0.259. The summed E-state index contributed by atoms with van der Waals surface area (Å²) >= 11 is 0. The number of ether oxygens (including phenoxy) is 1. The number of likely N-dealkylation sites (N-methyl/N-ethyl adjacent to an activating group) is 1. The van der Waals surface area contributed by atoms with Gasteiger partial charge in [-0.2, -0.15) is 0 Å². The van der Waals surface area contributed by atoms with Crippen LogP contribution in [0.15, 0.2) is 0 Å². The molecule has 0 bridgehead atoms. The Bertz CT molecular complexity index is 366. The fraction of sp³-hybridized carbons (Fsp3) is 0.941. The quantitative estimate of drug-likeness (QED) is 0.741. The summed E-state index contributed by atoms with van der Waals surface area (Å²) in [5.74, 6) is 2.10. The van der Waals surface area contributed by atoms with Gasteiger partial charge in [-0.3, -0.25) is 4.79 Å². The van der Waals surface area contributed by atoms with Crippen molar-refractivity contribution >= 4 is 5.91 Å². The van der Waals surface area contributed by atoms with Crippen LogP contribution in [0, 0.1) is 17.8 Å². The number of rotatable bonds is 1. The molecule has 0 spiro atoms. The molecule has 0 aromatic rings. The molecule has 3 fully saturated rings. The Balaban J connectivity index is 1.56. The van der Waals surface area contributed by atoms with Crippen molar-refractivity contribution < 1.29 is 9.53 Å². The number of piperidine rings is 1. The van der Waals surface area contributed by atoms with Crippen molar-refractivity contribution in [3.63, 3.8) is 0 Å². The van der Waals surface area contributed by atoms with Crippen molar-refractivity contribution in [2.24, 2.45) is 17.8 Å². The number of carbonyl (C=O) groups is 1. The summed E-state index contributed by atoms with van der Waals surface area (Å²) in [4.78, 5) is 17.2. The van der Waals surface area contributed by atoms with E-state index in [1.54, 1.807) is 0 Å². The molecule has 2 aliphatic heterocycles. The topological polar surface area (TPSA) is 32.8 Å². The van der Waals surface area contributed by atoms with E-state index >= 15 is 0 Å². The van der Waals surface area contributed by atoms with Crippen LogP contribution in [0.25, 0.3) is 0 Å². The number of nitrogens with zero attached hydrogens (tertiary/aromatic N) is 2. The van der Waals surface area contributed by atoms with E-state index in [-0.39, 0.29) is 12.0 Å². The van der Waals surface area contributed by atoms with Crippen molar-refractivity contribution in [1.29, 1.82) is 0 Å². The van der Waals surface area contributed by atoms with Crippen LogP contribution < -0.4 is 0 Å². The number of carbonyl (C=O) groups excluding carboxylic acids is 1. The summed E-state index contributed by atoms with van der Waals surface area (Å²) in [5, 5.41) is 0. The van der Waals surface area contributed by atoms with E-state index in [0.29, 0.717) is 11.8 Å². The van der Waals surface area contributed by atoms with Crippen LogP contribution in [0.3, 0.4) is 0 Å². The van der Waals surface area contributed by atoms with Crippen LogP contribution >= 0.6 is 0 Å². The van der Waals surface area contributed by atoms with Crippen LogP contribution in [-0.4, -0.2) is 61.6 Å². The molecule has 0 radical (unpaired) electrons. The SMILES string of the molecule is CC1CCC(C(=O)N2CC[C@@H]3CN(C)CCO[C@@H]3C2)CC1. The first kappa shape index (κ1) is 15.3. The predicted molar refractivity (Wildman–Crippen MR) is 83.0 cm³/mol. The third-order valence-corrected chi connectivity index (χ3v) is 5.72. The Kier molecular flexibility index (Phi) is 4.85. The minimum Gasteiger partial charge on any atom is -0.375 e. The van der Waals surface area contributed by atoms with Gasteiger partial charge in [0.1, 0.15) is 0 Å². The van der Waals surface area contributed by atoms with Crippen LogP contribution in [-0.2, 0) is 9.53 Å². The second-order valence-corrected chi connectivity index (χ2v) is 7.46. The highest BCUT2D eigenvalue weighted by Gasteiger charge is 2.36. The third-order valence-electron chi connectivity index (χ3n) is 5.72. The molecule has 0 aromatic carbocycles. The van der Waals surface area contributed by atoms with Gasteiger partial charge in [0.05, 0.1) is 12.7 Å². The third kappa shape index (κ3) is 3.59. The molecule has 1 amide bonds. The Morgan fingerprint density at radius 1 is 1.05 bits per heavy atom. The zero-order valence-electron chi connectivity index (χ0n) is 13.6. The molecule has 1 aliphatic carbocycles. The molecular formula is C17H30N2O2. The Morgan fingerprint density at radius 2 is 1.81 bits per heavy atom. The summed E-state index contributed by atoms with van der Waals surface area (Å²) in [6.45, 7) is 7.00. The first-order valence-electron chi connectivity index (χ1n) is 8.72. The van der Waals surface area contributed by atoms with Crippen LogP contribution in [0.5, 0.6) is 0 Å². The normalized spacial score (nSPS) is 38.7. The molecule has 0 unspecified atom stereocenters. The van der Waals surface area contributed by atoms with E-state index in [9.17, 15) is 4.79 Å². The van der Waals surface area contributed by atoms with E-state index in [1.807, 2.05) is 0 Å². The van der Waals surface area contributed by atoms with E-state index in [1.165, 1.54) is 12.8 Å².